The number of carbonyl (C=O) groups is 1. The Morgan fingerprint density at radius 1 is 1.15 bits per heavy atom. The van der Waals surface area contributed by atoms with Crippen molar-refractivity contribution in [3.05, 3.63) is 71.3 Å². The molecule has 1 aromatic carbocycles. The molecule has 212 valence electrons. The van der Waals surface area contributed by atoms with Crippen molar-refractivity contribution in [2.45, 2.75) is 109 Å². The highest BCUT2D eigenvalue weighted by molar-refractivity contribution is 5.87. The first-order valence-corrected chi connectivity index (χ1v) is 15.0. The second-order valence-electron chi connectivity index (χ2n) is 13.4. The van der Waals surface area contributed by atoms with Gasteiger partial charge in [0.25, 0.3) is 5.91 Å². The summed E-state index contributed by atoms with van der Waals surface area (Å²) in [5.74, 6) is 1.42. The fourth-order valence-corrected chi connectivity index (χ4v) is 8.60. The molecule has 1 amide bonds. The molecule has 0 spiro atoms. The standard InChI is InChI=1S/C34H47NO4/c1-22(17-27-20-34(4,39)32(38)35(27)21-24-9-6-5-7-10-24)29-14-15-30-25(11-8-16-33(29,30)3)12-13-26-18-28(36)19-31(37)23(26)2/h5-7,9-10,12-13,22,27-31,36-37,39H,2,8,11,14-21H2,1,3-4H3/b25-12+,26-13-/t22-,27+,28-,29-,30?,31+,33-,34-/m1/s1. The summed E-state index contributed by atoms with van der Waals surface area (Å²) in [6, 6.07) is 10.2. The molecule has 1 saturated heterocycles. The number of rotatable bonds is 6. The van der Waals surface area contributed by atoms with E-state index in [0.717, 1.165) is 29.6 Å². The van der Waals surface area contributed by atoms with Gasteiger partial charge in [0, 0.05) is 25.4 Å². The molecule has 0 radical (unpaired) electrons. The highest BCUT2D eigenvalue weighted by Crippen LogP contribution is 2.60. The Hall–Kier alpha value is -2.21. The zero-order valence-electron chi connectivity index (χ0n) is 24.0. The number of carbonyl (C=O) groups excluding carboxylic acids is 1. The zero-order chi connectivity index (χ0) is 27.9. The fraction of sp³-hybridized carbons (Fsp3) is 0.618. The van der Waals surface area contributed by atoms with Gasteiger partial charge in [0.05, 0.1) is 12.2 Å². The van der Waals surface area contributed by atoms with Crippen molar-refractivity contribution >= 4 is 5.91 Å². The van der Waals surface area contributed by atoms with Crippen molar-refractivity contribution in [1.82, 2.24) is 4.90 Å². The number of hydrogen-bond acceptors (Lipinski definition) is 4. The van der Waals surface area contributed by atoms with E-state index >= 15 is 0 Å². The van der Waals surface area contributed by atoms with Crippen LogP contribution < -0.4 is 0 Å². The topological polar surface area (TPSA) is 81.0 Å². The molecule has 5 nitrogen and oxygen atoms in total. The number of benzene rings is 1. The van der Waals surface area contributed by atoms with Gasteiger partial charge in [0.2, 0.25) is 0 Å². The molecule has 3 saturated carbocycles. The molecule has 1 aliphatic heterocycles. The number of allylic oxidation sites excluding steroid dienone is 3. The smallest absolute Gasteiger partial charge is 0.254 e. The number of nitrogens with zero attached hydrogens (tertiary/aromatic N) is 1. The van der Waals surface area contributed by atoms with Gasteiger partial charge in [-0.15, -0.1) is 0 Å². The second kappa shape index (κ2) is 11.0. The molecule has 0 bridgehead atoms. The Bertz CT molecular complexity index is 1140. The lowest BCUT2D eigenvalue weighted by atomic mass is 9.60. The van der Waals surface area contributed by atoms with Crippen LogP contribution >= 0.6 is 0 Å². The first-order valence-electron chi connectivity index (χ1n) is 15.0. The molecule has 3 N–H and O–H groups in total. The number of amides is 1. The fourth-order valence-electron chi connectivity index (χ4n) is 8.60. The zero-order valence-corrected chi connectivity index (χ0v) is 24.0. The van der Waals surface area contributed by atoms with Crippen LogP contribution in [0.3, 0.4) is 0 Å². The van der Waals surface area contributed by atoms with Crippen LogP contribution in [0, 0.1) is 23.2 Å². The molecule has 5 heteroatoms. The third-order valence-electron chi connectivity index (χ3n) is 10.6. The summed E-state index contributed by atoms with van der Waals surface area (Å²) in [5.41, 5.74) is 3.25. The van der Waals surface area contributed by atoms with E-state index in [0.29, 0.717) is 43.6 Å². The largest absolute Gasteiger partial charge is 0.393 e. The van der Waals surface area contributed by atoms with E-state index in [1.165, 1.54) is 31.3 Å². The lowest BCUT2D eigenvalue weighted by Gasteiger charge is -2.45. The Labute approximate surface area is 234 Å². The van der Waals surface area contributed by atoms with Crippen molar-refractivity contribution in [2.24, 2.45) is 23.2 Å². The Kier molecular flexibility index (Phi) is 7.98. The van der Waals surface area contributed by atoms with E-state index in [2.05, 4.69) is 44.7 Å². The minimum Gasteiger partial charge on any atom is -0.393 e. The van der Waals surface area contributed by atoms with Crippen LogP contribution in [0.25, 0.3) is 0 Å². The van der Waals surface area contributed by atoms with Crippen molar-refractivity contribution < 1.29 is 20.1 Å². The average molecular weight is 534 g/mol. The molecule has 3 aliphatic carbocycles. The normalized spacial score (nSPS) is 39.9. The van der Waals surface area contributed by atoms with Gasteiger partial charge in [-0.05, 0) is 91.7 Å². The first-order chi connectivity index (χ1) is 18.5. The molecular weight excluding hydrogens is 486 g/mol. The molecule has 0 aromatic heterocycles. The number of aliphatic hydroxyl groups excluding tert-OH is 2. The molecular formula is C34H47NO4. The summed E-state index contributed by atoms with van der Waals surface area (Å²) < 4.78 is 0. The molecule has 1 unspecified atom stereocenters. The van der Waals surface area contributed by atoms with Crippen molar-refractivity contribution in [2.75, 3.05) is 0 Å². The average Bonchev–Trinajstić information content (AvgIpc) is 3.35. The van der Waals surface area contributed by atoms with Crippen LogP contribution in [0.4, 0.5) is 0 Å². The lowest BCUT2D eigenvalue weighted by Crippen LogP contribution is -2.40. The summed E-state index contributed by atoms with van der Waals surface area (Å²) in [6.07, 6.45) is 11.4. The van der Waals surface area contributed by atoms with E-state index in [9.17, 15) is 20.1 Å². The minimum atomic E-state index is -1.29. The van der Waals surface area contributed by atoms with Crippen LogP contribution in [-0.2, 0) is 11.3 Å². The van der Waals surface area contributed by atoms with E-state index in [-0.39, 0.29) is 17.4 Å². The van der Waals surface area contributed by atoms with Crippen LogP contribution in [0.1, 0.15) is 84.1 Å². The molecule has 39 heavy (non-hydrogen) atoms. The predicted molar refractivity (Wildman–Crippen MR) is 155 cm³/mol. The van der Waals surface area contributed by atoms with Gasteiger partial charge < -0.3 is 20.2 Å². The molecule has 1 aromatic rings. The molecule has 8 atom stereocenters. The van der Waals surface area contributed by atoms with Gasteiger partial charge in [0.15, 0.2) is 0 Å². The Morgan fingerprint density at radius 3 is 2.64 bits per heavy atom. The quantitative estimate of drug-likeness (QED) is 0.438. The third-order valence-corrected chi connectivity index (χ3v) is 10.6. The Morgan fingerprint density at radius 2 is 1.90 bits per heavy atom. The molecule has 4 fully saturated rings. The molecule has 1 heterocycles. The maximum Gasteiger partial charge on any atom is 0.254 e. The van der Waals surface area contributed by atoms with Gasteiger partial charge in [0.1, 0.15) is 5.60 Å². The van der Waals surface area contributed by atoms with Crippen LogP contribution in [-0.4, -0.2) is 50.0 Å². The van der Waals surface area contributed by atoms with E-state index < -0.39 is 17.8 Å². The van der Waals surface area contributed by atoms with E-state index in [1.54, 1.807) is 6.92 Å². The summed E-state index contributed by atoms with van der Waals surface area (Å²) >= 11 is 0. The van der Waals surface area contributed by atoms with E-state index in [4.69, 9.17) is 0 Å². The van der Waals surface area contributed by atoms with Gasteiger partial charge in [-0.2, -0.15) is 0 Å². The van der Waals surface area contributed by atoms with Crippen LogP contribution in [0.5, 0.6) is 0 Å². The highest BCUT2D eigenvalue weighted by Gasteiger charge is 2.53. The number of hydrogen-bond donors (Lipinski definition) is 3. The maximum atomic E-state index is 13.2. The summed E-state index contributed by atoms with van der Waals surface area (Å²) in [4.78, 5) is 15.1. The summed E-state index contributed by atoms with van der Waals surface area (Å²) in [6.45, 7) is 11.2. The monoisotopic (exact) mass is 533 g/mol. The van der Waals surface area contributed by atoms with Crippen molar-refractivity contribution in [1.29, 1.82) is 0 Å². The minimum absolute atomic E-state index is 0.0452. The number of fused-ring (bicyclic) bond motifs is 1. The Balaban J connectivity index is 1.31. The van der Waals surface area contributed by atoms with Crippen molar-refractivity contribution in [3.63, 3.8) is 0 Å². The SMILES string of the molecule is C=C1/C(=C\C=C2/CCC[C@@]3(C)C2CC[C@@H]3[C@H](C)C[C@H]2C[C@@](C)(O)C(=O)N2Cc2ccccc2)C[C@@H](O)C[C@@H]1O. The van der Waals surface area contributed by atoms with Crippen molar-refractivity contribution in [3.8, 4) is 0 Å². The van der Waals surface area contributed by atoms with Crippen LogP contribution in [0.2, 0.25) is 0 Å². The van der Waals surface area contributed by atoms with Crippen LogP contribution in [0.15, 0.2) is 65.8 Å². The van der Waals surface area contributed by atoms with Gasteiger partial charge >= 0.3 is 0 Å². The lowest BCUT2D eigenvalue weighted by molar-refractivity contribution is -0.142. The molecule has 4 aliphatic rings. The highest BCUT2D eigenvalue weighted by atomic mass is 16.3. The predicted octanol–water partition coefficient (Wildman–Crippen LogP) is 5.71. The first kappa shape index (κ1) is 28.3. The maximum absolute atomic E-state index is 13.2. The van der Waals surface area contributed by atoms with Gasteiger partial charge in [-0.3, -0.25) is 4.79 Å². The third kappa shape index (κ3) is 5.55. The number of aliphatic hydroxyl groups is 3. The van der Waals surface area contributed by atoms with Gasteiger partial charge in [-0.25, -0.2) is 0 Å². The molecule has 5 rings (SSSR count). The number of likely N-dealkylation sites (tertiary alicyclic amines) is 1. The summed E-state index contributed by atoms with van der Waals surface area (Å²) in [7, 11) is 0. The van der Waals surface area contributed by atoms with Gasteiger partial charge in [-0.1, -0.05) is 68.5 Å². The van der Waals surface area contributed by atoms with E-state index in [1.807, 2.05) is 23.1 Å². The summed E-state index contributed by atoms with van der Waals surface area (Å²) in [5, 5.41) is 31.3. The second-order valence-corrected chi connectivity index (χ2v) is 13.4.